The number of rotatable bonds is 7. The number of hydrogen-bond acceptors (Lipinski definition) is 3. The maximum atomic E-state index is 5.77. The molecule has 1 rings (SSSR count). The van der Waals surface area contributed by atoms with Crippen LogP contribution >= 0.6 is 0 Å². The molecule has 1 fully saturated rings. The summed E-state index contributed by atoms with van der Waals surface area (Å²) >= 11 is 0. The van der Waals surface area contributed by atoms with Crippen LogP contribution in [0.4, 0.5) is 0 Å². The highest BCUT2D eigenvalue weighted by molar-refractivity contribution is 4.73. The van der Waals surface area contributed by atoms with Gasteiger partial charge in [-0.3, -0.25) is 0 Å². The molecule has 0 amide bonds. The van der Waals surface area contributed by atoms with Gasteiger partial charge in [0.1, 0.15) is 0 Å². The van der Waals surface area contributed by atoms with Gasteiger partial charge in [-0.1, -0.05) is 77.0 Å². The largest absolute Gasteiger partial charge is 0.330 e. The van der Waals surface area contributed by atoms with Gasteiger partial charge >= 0.3 is 0 Å². The van der Waals surface area contributed by atoms with Crippen molar-refractivity contribution in [3.63, 3.8) is 0 Å². The normalized spacial score (nSPS) is 20.6. The van der Waals surface area contributed by atoms with Gasteiger partial charge in [0.15, 0.2) is 0 Å². The second-order valence-electron chi connectivity index (χ2n) is 7.79. The van der Waals surface area contributed by atoms with Crippen molar-refractivity contribution in [2.24, 2.45) is 11.5 Å². The van der Waals surface area contributed by atoms with Gasteiger partial charge < -0.3 is 16.4 Å². The van der Waals surface area contributed by atoms with E-state index >= 15 is 0 Å². The lowest BCUT2D eigenvalue weighted by Crippen LogP contribution is -2.38. The van der Waals surface area contributed by atoms with E-state index in [4.69, 9.17) is 11.5 Å². The number of nitrogens with zero attached hydrogens (tertiary/aromatic N) is 1. The van der Waals surface area contributed by atoms with Crippen LogP contribution in [-0.4, -0.2) is 37.1 Å². The van der Waals surface area contributed by atoms with E-state index < -0.39 is 0 Å². The molecule has 0 aliphatic heterocycles. The fourth-order valence-corrected chi connectivity index (χ4v) is 4.10. The fourth-order valence-electron chi connectivity index (χ4n) is 4.10. The summed E-state index contributed by atoms with van der Waals surface area (Å²) in [4.78, 5) is 2.72. The van der Waals surface area contributed by atoms with E-state index in [1.165, 1.54) is 103 Å². The van der Waals surface area contributed by atoms with E-state index in [-0.39, 0.29) is 0 Å². The Morgan fingerprint density at radius 3 is 1.21 bits per heavy atom. The van der Waals surface area contributed by atoms with Crippen molar-refractivity contribution in [2.45, 2.75) is 109 Å². The zero-order valence-electron chi connectivity index (χ0n) is 16.3. The Labute approximate surface area is 151 Å². The van der Waals surface area contributed by atoms with Gasteiger partial charge in [0.05, 0.1) is 0 Å². The Balaban J connectivity index is 2.48. The molecule has 24 heavy (non-hydrogen) atoms. The Hall–Kier alpha value is -0.120. The second kappa shape index (κ2) is 16.4. The standard InChI is InChI=1S/C21H45N3/c22-17-13-19-24(20-14-18-23)21-15-11-9-7-5-3-1-2-4-6-8-10-12-16-21/h21H,1-20,22-23H2. The monoisotopic (exact) mass is 339 g/mol. The van der Waals surface area contributed by atoms with Crippen LogP contribution in [0.15, 0.2) is 0 Å². The lowest BCUT2D eigenvalue weighted by molar-refractivity contribution is 0.168. The Morgan fingerprint density at radius 2 is 0.875 bits per heavy atom. The molecule has 0 atom stereocenters. The summed E-state index contributed by atoms with van der Waals surface area (Å²) in [6.45, 7) is 3.96. The van der Waals surface area contributed by atoms with Crippen LogP contribution in [0.3, 0.4) is 0 Å². The molecule has 0 saturated heterocycles. The molecule has 0 aromatic rings. The first-order valence-electron chi connectivity index (χ1n) is 11.0. The minimum atomic E-state index is 0.772. The van der Waals surface area contributed by atoms with E-state index in [0.29, 0.717) is 0 Å². The summed E-state index contributed by atoms with van der Waals surface area (Å²) in [5, 5.41) is 0. The minimum absolute atomic E-state index is 0.772. The number of hydrogen-bond donors (Lipinski definition) is 2. The Kier molecular flexibility index (Phi) is 14.9. The predicted molar refractivity (Wildman–Crippen MR) is 107 cm³/mol. The Bertz CT molecular complexity index is 233. The van der Waals surface area contributed by atoms with E-state index in [9.17, 15) is 0 Å². The first-order chi connectivity index (χ1) is 11.9. The van der Waals surface area contributed by atoms with Gasteiger partial charge in [-0.2, -0.15) is 0 Å². The molecule has 0 aromatic heterocycles. The molecule has 0 spiro atoms. The summed E-state index contributed by atoms with van der Waals surface area (Å²) < 4.78 is 0. The highest BCUT2D eigenvalue weighted by Crippen LogP contribution is 2.20. The fraction of sp³-hybridized carbons (Fsp3) is 1.00. The quantitative estimate of drug-likeness (QED) is 0.698. The third kappa shape index (κ3) is 11.4. The molecule has 0 unspecified atom stereocenters. The van der Waals surface area contributed by atoms with E-state index in [1.54, 1.807) is 0 Å². The molecule has 3 nitrogen and oxygen atoms in total. The molecule has 0 bridgehead atoms. The first-order valence-corrected chi connectivity index (χ1v) is 11.0. The summed E-state index contributed by atoms with van der Waals surface area (Å²) in [6, 6.07) is 0.772. The van der Waals surface area contributed by atoms with Crippen LogP contribution in [0, 0.1) is 0 Å². The number of nitrogens with two attached hydrogens (primary N) is 2. The molecule has 144 valence electrons. The van der Waals surface area contributed by atoms with Crippen LogP contribution < -0.4 is 11.5 Å². The van der Waals surface area contributed by atoms with E-state index in [0.717, 1.165) is 32.0 Å². The molecular formula is C21H45N3. The van der Waals surface area contributed by atoms with Crippen molar-refractivity contribution in [1.82, 2.24) is 4.90 Å². The van der Waals surface area contributed by atoms with Crippen molar-refractivity contribution >= 4 is 0 Å². The van der Waals surface area contributed by atoms with Crippen molar-refractivity contribution < 1.29 is 0 Å². The van der Waals surface area contributed by atoms with Crippen LogP contribution in [0.2, 0.25) is 0 Å². The maximum Gasteiger partial charge on any atom is 0.00952 e. The highest BCUT2D eigenvalue weighted by atomic mass is 15.1. The second-order valence-corrected chi connectivity index (χ2v) is 7.79. The Morgan fingerprint density at radius 1 is 0.542 bits per heavy atom. The average Bonchev–Trinajstić information content (AvgIpc) is 2.61. The summed E-state index contributed by atoms with van der Waals surface area (Å²) in [5.74, 6) is 0. The summed E-state index contributed by atoms with van der Waals surface area (Å²) in [7, 11) is 0. The van der Waals surface area contributed by atoms with E-state index in [1.807, 2.05) is 0 Å². The minimum Gasteiger partial charge on any atom is -0.330 e. The molecule has 1 saturated carbocycles. The molecule has 1 aliphatic carbocycles. The maximum absolute atomic E-state index is 5.77. The van der Waals surface area contributed by atoms with Crippen molar-refractivity contribution in [3.8, 4) is 0 Å². The van der Waals surface area contributed by atoms with Crippen LogP contribution in [0.1, 0.15) is 103 Å². The zero-order chi connectivity index (χ0) is 17.3. The zero-order valence-corrected chi connectivity index (χ0v) is 16.3. The van der Waals surface area contributed by atoms with Crippen LogP contribution in [0.25, 0.3) is 0 Å². The lowest BCUT2D eigenvalue weighted by Gasteiger charge is -2.32. The SMILES string of the molecule is NCCCN(CCCN)C1CCCCCCCCCCCCCC1. The highest BCUT2D eigenvalue weighted by Gasteiger charge is 2.17. The summed E-state index contributed by atoms with van der Waals surface area (Å²) in [5.41, 5.74) is 11.5. The van der Waals surface area contributed by atoms with Crippen molar-refractivity contribution in [2.75, 3.05) is 26.2 Å². The van der Waals surface area contributed by atoms with Gasteiger partial charge in [-0.15, -0.1) is 0 Å². The van der Waals surface area contributed by atoms with Crippen molar-refractivity contribution in [1.29, 1.82) is 0 Å². The molecular weight excluding hydrogens is 294 g/mol. The smallest absolute Gasteiger partial charge is 0.00952 e. The van der Waals surface area contributed by atoms with Crippen molar-refractivity contribution in [3.05, 3.63) is 0 Å². The lowest BCUT2D eigenvalue weighted by atomic mass is 9.98. The first kappa shape index (κ1) is 21.9. The molecule has 4 N–H and O–H groups in total. The van der Waals surface area contributed by atoms with Gasteiger partial charge in [0, 0.05) is 6.04 Å². The van der Waals surface area contributed by atoms with Gasteiger partial charge in [-0.05, 0) is 51.9 Å². The van der Waals surface area contributed by atoms with Crippen LogP contribution in [0.5, 0.6) is 0 Å². The third-order valence-corrected chi connectivity index (χ3v) is 5.64. The average molecular weight is 340 g/mol. The molecule has 1 aliphatic rings. The topological polar surface area (TPSA) is 55.3 Å². The molecule has 0 radical (unpaired) electrons. The summed E-state index contributed by atoms with van der Waals surface area (Å²) in [6.07, 6.45) is 22.3. The van der Waals surface area contributed by atoms with Gasteiger partial charge in [-0.25, -0.2) is 0 Å². The van der Waals surface area contributed by atoms with Crippen LogP contribution in [-0.2, 0) is 0 Å². The molecule has 3 heteroatoms. The van der Waals surface area contributed by atoms with Gasteiger partial charge in [0.25, 0.3) is 0 Å². The van der Waals surface area contributed by atoms with E-state index in [2.05, 4.69) is 4.90 Å². The third-order valence-electron chi connectivity index (χ3n) is 5.64. The molecule has 0 aromatic carbocycles. The predicted octanol–water partition coefficient (Wildman–Crippen LogP) is 4.83. The molecule has 0 heterocycles. The van der Waals surface area contributed by atoms with Gasteiger partial charge in [0.2, 0.25) is 0 Å².